The first-order valence-electron chi connectivity index (χ1n) is 13.0. The molecule has 1 saturated heterocycles. The number of benzene rings is 2. The van der Waals surface area contributed by atoms with Crippen LogP contribution in [0.25, 0.3) is 0 Å². The molecule has 2 aliphatic rings. The van der Waals surface area contributed by atoms with Crippen LogP contribution >= 0.6 is 0 Å². The third kappa shape index (κ3) is 4.51. The molecule has 4 rings (SSSR count). The average Bonchev–Trinajstić information content (AvgIpc) is 3.25. The van der Waals surface area contributed by atoms with Crippen molar-refractivity contribution >= 4 is 11.9 Å². The molecule has 1 fully saturated rings. The summed E-state index contributed by atoms with van der Waals surface area (Å²) in [4.78, 5) is 28.5. The molecule has 0 aromatic heterocycles. The van der Waals surface area contributed by atoms with E-state index in [2.05, 4.69) is 4.90 Å². The van der Waals surface area contributed by atoms with E-state index in [0.717, 1.165) is 28.9 Å². The van der Waals surface area contributed by atoms with Gasteiger partial charge >= 0.3 is 11.9 Å². The third-order valence-electron chi connectivity index (χ3n) is 7.99. The minimum absolute atomic E-state index is 0.213. The highest BCUT2D eigenvalue weighted by Gasteiger charge is 2.63. The van der Waals surface area contributed by atoms with Gasteiger partial charge in [0.05, 0.1) is 35.0 Å². The van der Waals surface area contributed by atoms with Crippen molar-refractivity contribution < 1.29 is 33.3 Å². The second-order valence-electron chi connectivity index (χ2n) is 9.50. The minimum Gasteiger partial charge on any atom is -0.497 e. The fourth-order valence-electron chi connectivity index (χ4n) is 6.41. The number of carbonyl (C=O) groups is 2. The maximum absolute atomic E-state index is 13.8. The second kappa shape index (κ2) is 11.5. The smallest absolute Gasteiger partial charge is 0.330 e. The Bertz CT molecular complexity index is 1190. The molecule has 2 aromatic rings. The van der Waals surface area contributed by atoms with Crippen molar-refractivity contribution in [1.29, 1.82) is 0 Å². The molecule has 0 unspecified atom stereocenters. The predicted molar refractivity (Wildman–Crippen MR) is 143 cm³/mol. The van der Waals surface area contributed by atoms with Crippen molar-refractivity contribution in [1.82, 2.24) is 4.90 Å². The molecule has 8 heteroatoms. The predicted octanol–water partition coefficient (Wildman–Crippen LogP) is 4.47. The number of hydrogen-bond donors (Lipinski definition) is 0. The van der Waals surface area contributed by atoms with Gasteiger partial charge in [-0.25, -0.2) is 4.79 Å². The lowest BCUT2D eigenvalue weighted by atomic mass is 9.72. The van der Waals surface area contributed by atoms with Gasteiger partial charge in [0.1, 0.15) is 11.3 Å². The van der Waals surface area contributed by atoms with E-state index in [9.17, 15) is 9.59 Å². The lowest BCUT2D eigenvalue weighted by molar-refractivity contribution is -0.156. The van der Waals surface area contributed by atoms with Gasteiger partial charge in [-0.15, -0.1) is 0 Å². The summed E-state index contributed by atoms with van der Waals surface area (Å²) < 4.78 is 27.3. The molecule has 0 spiro atoms. The fourth-order valence-corrected chi connectivity index (χ4v) is 6.41. The summed E-state index contributed by atoms with van der Waals surface area (Å²) in [5, 5.41) is 0. The number of methoxy groups -OCH3 is 4. The molecule has 204 valence electrons. The van der Waals surface area contributed by atoms with Crippen LogP contribution in [0, 0.1) is 5.92 Å². The van der Waals surface area contributed by atoms with Crippen LogP contribution in [0.15, 0.2) is 48.6 Å². The SMILES string of the molecule is CCOC(=O)/C=C/[C@@H]1[C@@H](c2ccc(OC)cc2)[C@](CC)(C(=O)OC)N2CCc3cc(OC)c(OC)cc3[C@@H]12. The molecule has 4 atom stereocenters. The topological polar surface area (TPSA) is 83.5 Å². The summed E-state index contributed by atoms with van der Waals surface area (Å²) in [7, 11) is 6.30. The van der Waals surface area contributed by atoms with Gasteiger partial charge in [-0.1, -0.05) is 25.1 Å². The van der Waals surface area contributed by atoms with Crippen LogP contribution in [0.1, 0.15) is 48.9 Å². The number of carbonyl (C=O) groups excluding carboxylic acids is 2. The summed E-state index contributed by atoms with van der Waals surface area (Å²) in [5.41, 5.74) is 2.18. The van der Waals surface area contributed by atoms with Crippen LogP contribution in [-0.2, 0) is 25.5 Å². The van der Waals surface area contributed by atoms with Gasteiger partial charge in [0.2, 0.25) is 0 Å². The number of fused-ring (bicyclic) bond motifs is 3. The van der Waals surface area contributed by atoms with Gasteiger partial charge in [-0.3, -0.25) is 9.69 Å². The van der Waals surface area contributed by atoms with Crippen LogP contribution in [-0.4, -0.2) is 64.0 Å². The van der Waals surface area contributed by atoms with Crippen molar-refractivity contribution in [2.24, 2.45) is 5.92 Å². The van der Waals surface area contributed by atoms with E-state index in [1.54, 1.807) is 28.3 Å². The zero-order valence-corrected chi connectivity index (χ0v) is 23.0. The minimum atomic E-state index is -0.956. The number of esters is 2. The van der Waals surface area contributed by atoms with Gasteiger partial charge in [0.25, 0.3) is 0 Å². The molecule has 0 aliphatic carbocycles. The molecular weight excluding hydrogens is 486 g/mol. The normalized spacial score (nSPS) is 24.4. The van der Waals surface area contributed by atoms with E-state index in [1.165, 1.54) is 13.2 Å². The van der Waals surface area contributed by atoms with Crippen molar-refractivity contribution in [2.75, 3.05) is 41.6 Å². The first-order valence-corrected chi connectivity index (χ1v) is 13.0. The molecule has 38 heavy (non-hydrogen) atoms. The summed E-state index contributed by atoms with van der Waals surface area (Å²) in [6.07, 6.45) is 4.64. The van der Waals surface area contributed by atoms with Gasteiger partial charge in [0.15, 0.2) is 11.5 Å². The largest absolute Gasteiger partial charge is 0.497 e. The Balaban J connectivity index is 1.98. The Labute approximate surface area is 224 Å². The molecule has 0 N–H and O–H groups in total. The van der Waals surface area contributed by atoms with Crippen molar-refractivity contribution in [3.8, 4) is 17.2 Å². The van der Waals surface area contributed by atoms with Crippen LogP contribution in [0.3, 0.4) is 0 Å². The second-order valence-corrected chi connectivity index (χ2v) is 9.50. The van der Waals surface area contributed by atoms with Crippen molar-refractivity contribution in [3.05, 3.63) is 65.2 Å². The Morgan fingerprint density at radius 3 is 2.26 bits per heavy atom. The quantitative estimate of drug-likeness (QED) is 0.352. The van der Waals surface area contributed by atoms with Crippen molar-refractivity contribution in [2.45, 2.75) is 44.2 Å². The van der Waals surface area contributed by atoms with E-state index in [4.69, 9.17) is 23.7 Å². The highest BCUT2D eigenvalue weighted by Crippen LogP contribution is 2.60. The van der Waals surface area contributed by atoms with E-state index in [-0.39, 0.29) is 30.5 Å². The first kappa shape index (κ1) is 27.5. The Morgan fingerprint density at radius 2 is 1.68 bits per heavy atom. The molecule has 0 radical (unpaired) electrons. The summed E-state index contributed by atoms with van der Waals surface area (Å²) in [6.45, 7) is 4.73. The van der Waals surface area contributed by atoms with E-state index in [0.29, 0.717) is 24.5 Å². The lowest BCUT2D eigenvalue weighted by Crippen LogP contribution is -2.55. The molecule has 2 aromatic carbocycles. The van der Waals surface area contributed by atoms with Crippen LogP contribution in [0.4, 0.5) is 0 Å². The van der Waals surface area contributed by atoms with Crippen LogP contribution in [0.5, 0.6) is 17.2 Å². The summed E-state index contributed by atoms with van der Waals surface area (Å²) in [5.74, 6) is 0.756. The zero-order chi connectivity index (χ0) is 27.4. The zero-order valence-electron chi connectivity index (χ0n) is 23.0. The lowest BCUT2D eigenvalue weighted by Gasteiger charge is -2.43. The van der Waals surface area contributed by atoms with E-state index < -0.39 is 11.5 Å². The van der Waals surface area contributed by atoms with Gasteiger partial charge in [0, 0.05) is 30.5 Å². The van der Waals surface area contributed by atoms with Gasteiger partial charge in [-0.2, -0.15) is 0 Å². The maximum Gasteiger partial charge on any atom is 0.330 e. The monoisotopic (exact) mass is 523 g/mol. The Kier molecular flexibility index (Phi) is 8.31. The Morgan fingerprint density at radius 1 is 1.00 bits per heavy atom. The number of ether oxygens (including phenoxy) is 5. The summed E-state index contributed by atoms with van der Waals surface area (Å²) in [6, 6.07) is 11.6. The molecule has 0 amide bonds. The average molecular weight is 524 g/mol. The van der Waals surface area contributed by atoms with E-state index in [1.807, 2.05) is 49.4 Å². The highest BCUT2D eigenvalue weighted by molar-refractivity contribution is 5.85. The highest BCUT2D eigenvalue weighted by atomic mass is 16.5. The summed E-state index contributed by atoms with van der Waals surface area (Å²) >= 11 is 0. The van der Waals surface area contributed by atoms with Crippen molar-refractivity contribution in [3.63, 3.8) is 0 Å². The van der Waals surface area contributed by atoms with E-state index >= 15 is 0 Å². The molecule has 0 saturated carbocycles. The maximum atomic E-state index is 13.8. The Hall–Kier alpha value is -3.52. The molecule has 8 nitrogen and oxygen atoms in total. The molecule has 0 bridgehead atoms. The molecular formula is C30H37NO7. The number of rotatable bonds is 9. The molecule has 2 aliphatic heterocycles. The first-order chi connectivity index (χ1) is 18.4. The number of hydrogen-bond acceptors (Lipinski definition) is 8. The number of nitrogens with zero attached hydrogens (tertiary/aromatic N) is 1. The van der Waals surface area contributed by atoms with Crippen LogP contribution in [0.2, 0.25) is 0 Å². The molecule has 2 heterocycles. The standard InChI is InChI=1S/C30H37NO7/c1-7-30(29(33)37-6)27(19-9-11-21(34-3)12-10-19)22(13-14-26(32)38-8-2)28-23-18-25(36-5)24(35-4)17-20(23)15-16-31(28)30/h9-14,17-18,22,27-28H,7-8,15-16H2,1-6H3/b14-13+/t22-,27-,28-,30-/m1/s1. The fraction of sp³-hybridized carbons (Fsp3) is 0.467. The van der Waals surface area contributed by atoms with Crippen LogP contribution < -0.4 is 14.2 Å². The van der Waals surface area contributed by atoms with Gasteiger partial charge < -0.3 is 23.7 Å². The van der Waals surface area contributed by atoms with Gasteiger partial charge in [-0.05, 0) is 60.7 Å². The third-order valence-corrected chi connectivity index (χ3v) is 7.99.